The van der Waals surface area contributed by atoms with E-state index in [0.29, 0.717) is 23.7 Å². The van der Waals surface area contributed by atoms with Gasteiger partial charge in [-0.15, -0.1) is 0 Å². The molecule has 0 aromatic carbocycles. The van der Waals surface area contributed by atoms with E-state index in [1.165, 1.54) is 19.8 Å². The van der Waals surface area contributed by atoms with Gasteiger partial charge in [0.15, 0.2) is 5.76 Å². The predicted molar refractivity (Wildman–Crippen MR) is 106 cm³/mol. The van der Waals surface area contributed by atoms with Crippen LogP contribution in [0.3, 0.4) is 0 Å². The zero-order valence-corrected chi connectivity index (χ0v) is 18.2. The van der Waals surface area contributed by atoms with Gasteiger partial charge in [-0.05, 0) is 44.4 Å². The van der Waals surface area contributed by atoms with Gasteiger partial charge in [-0.2, -0.15) is 0 Å². The van der Waals surface area contributed by atoms with Gasteiger partial charge in [0.25, 0.3) is 5.79 Å². The first kappa shape index (κ1) is 20.5. The third-order valence-corrected chi connectivity index (χ3v) is 8.65. The number of carbonyl (C=O) groups excluding carboxylic acids is 2. The molecule has 2 heterocycles. The maximum atomic E-state index is 12.9. The summed E-state index contributed by atoms with van der Waals surface area (Å²) in [5.41, 5.74) is 0.751. The van der Waals surface area contributed by atoms with Gasteiger partial charge in [0.2, 0.25) is 0 Å². The monoisotopic (exact) mass is 404 g/mol. The van der Waals surface area contributed by atoms with Crippen LogP contribution < -0.4 is 0 Å². The van der Waals surface area contributed by atoms with E-state index in [9.17, 15) is 9.59 Å². The standard InChI is InChI=1S/C23H32O6/c1-14-8-7-10-23-20(14,3)11-9-15(2)21(23,4)12-16-18(28-23)22(27-6,29-19(16)25)13-17(24)26-5/h15H,1,7-13H2,2-6H3. The van der Waals surface area contributed by atoms with Crippen LogP contribution in [0.15, 0.2) is 23.5 Å². The third kappa shape index (κ3) is 2.38. The van der Waals surface area contributed by atoms with Crippen molar-refractivity contribution in [2.24, 2.45) is 16.7 Å². The lowest BCUT2D eigenvalue weighted by Crippen LogP contribution is -2.68. The van der Waals surface area contributed by atoms with Crippen molar-refractivity contribution in [1.82, 2.24) is 0 Å². The van der Waals surface area contributed by atoms with Crippen LogP contribution in [0, 0.1) is 16.7 Å². The van der Waals surface area contributed by atoms with Crippen molar-refractivity contribution >= 4 is 11.9 Å². The lowest BCUT2D eigenvalue weighted by Gasteiger charge is -2.67. The molecule has 29 heavy (non-hydrogen) atoms. The first-order valence-corrected chi connectivity index (χ1v) is 10.6. The summed E-state index contributed by atoms with van der Waals surface area (Å²) < 4.78 is 23.0. The molecule has 2 aliphatic heterocycles. The quantitative estimate of drug-likeness (QED) is 0.522. The summed E-state index contributed by atoms with van der Waals surface area (Å²) in [5.74, 6) is -1.80. The Morgan fingerprint density at radius 2 is 1.97 bits per heavy atom. The van der Waals surface area contributed by atoms with Gasteiger partial charge in [-0.1, -0.05) is 32.9 Å². The molecule has 4 aliphatic rings. The van der Waals surface area contributed by atoms with E-state index in [2.05, 4.69) is 27.4 Å². The summed E-state index contributed by atoms with van der Waals surface area (Å²) in [6.07, 6.45) is 5.24. The molecular weight excluding hydrogens is 372 g/mol. The van der Waals surface area contributed by atoms with Crippen molar-refractivity contribution in [3.63, 3.8) is 0 Å². The maximum absolute atomic E-state index is 12.9. The van der Waals surface area contributed by atoms with Crippen molar-refractivity contribution in [1.29, 1.82) is 0 Å². The number of ether oxygens (including phenoxy) is 4. The fourth-order valence-corrected chi connectivity index (χ4v) is 6.50. The van der Waals surface area contributed by atoms with Crippen LogP contribution in [0.1, 0.15) is 65.7 Å². The highest BCUT2D eigenvalue weighted by atomic mass is 16.7. The summed E-state index contributed by atoms with van der Waals surface area (Å²) in [6, 6.07) is 0. The molecule has 2 saturated carbocycles. The first-order valence-electron chi connectivity index (χ1n) is 10.6. The Balaban J connectivity index is 1.89. The van der Waals surface area contributed by atoms with Crippen molar-refractivity contribution in [2.45, 2.75) is 77.1 Å². The number of cyclic esters (lactones) is 1. The van der Waals surface area contributed by atoms with E-state index in [4.69, 9.17) is 18.9 Å². The van der Waals surface area contributed by atoms with Crippen molar-refractivity contribution in [2.75, 3.05) is 14.2 Å². The van der Waals surface area contributed by atoms with Crippen LogP contribution in [0.5, 0.6) is 0 Å². The fourth-order valence-electron chi connectivity index (χ4n) is 6.50. The maximum Gasteiger partial charge on any atom is 0.340 e. The SMILES string of the molecule is C=C1CCCC23OC4=C(CC2(C)C(C)CCC13C)C(=O)OC4(CC(=O)OC)OC. The summed E-state index contributed by atoms with van der Waals surface area (Å²) in [4.78, 5) is 25.0. The van der Waals surface area contributed by atoms with Gasteiger partial charge >= 0.3 is 11.9 Å². The molecule has 5 unspecified atom stereocenters. The number of methoxy groups -OCH3 is 2. The largest absolute Gasteiger partial charge is 0.483 e. The Hall–Kier alpha value is -1.82. The molecule has 0 N–H and O–H groups in total. The highest BCUT2D eigenvalue weighted by Gasteiger charge is 2.71. The Bertz CT molecular complexity index is 814. The topological polar surface area (TPSA) is 71.1 Å². The second kappa shape index (κ2) is 6.34. The second-order valence-corrected chi connectivity index (χ2v) is 9.66. The smallest absolute Gasteiger partial charge is 0.340 e. The first-order chi connectivity index (χ1) is 13.6. The van der Waals surface area contributed by atoms with Gasteiger partial charge in [0.05, 0.1) is 12.7 Å². The molecular formula is C23H32O6. The fraction of sp³-hybridized carbons (Fsp3) is 0.739. The molecule has 2 aliphatic carbocycles. The highest BCUT2D eigenvalue weighted by Crippen LogP contribution is 2.70. The lowest BCUT2D eigenvalue weighted by molar-refractivity contribution is -0.265. The number of hydrogen-bond donors (Lipinski definition) is 0. The predicted octanol–water partition coefficient (Wildman–Crippen LogP) is 4.04. The van der Waals surface area contributed by atoms with E-state index < -0.39 is 23.3 Å². The van der Waals surface area contributed by atoms with Crippen LogP contribution >= 0.6 is 0 Å². The van der Waals surface area contributed by atoms with Gasteiger partial charge in [-0.25, -0.2) is 4.79 Å². The highest BCUT2D eigenvalue weighted by molar-refractivity contribution is 5.93. The van der Waals surface area contributed by atoms with Gasteiger partial charge < -0.3 is 18.9 Å². The lowest BCUT2D eigenvalue weighted by atomic mass is 9.42. The van der Waals surface area contributed by atoms with E-state index in [0.717, 1.165) is 32.1 Å². The van der Waals surface area contributed by atoms with Crippen molar-refractivity contribution < 1.29 is 28.5 Å². The zero-order valence-electron chi connectivity index (χ0n) is 18.2. The number of hydrogen-bond acceptors (Lipinski definition) is 6. The number of carbonyl (C=O) groups is 2. The van der Waals surface area contributed by atoms with Gasteiger partial charge in [0, 0.05) is 17.9 Å². The van der Waals surface area contributed by atoms with Crippen LogP contribution in [-0.2, 0) is 28.5 Å². The Kier molecular flexibility index (Phi) is 4.47. The van der Waals surface area contributed by atoms with E-state index >= 15 is 0 Å². The summed E-state index contributed by atoms with van der Waals surface area (Å²) in [5, 5.41) is 0. The molecule has 0 aromatic rings. The normalized spacial score (nSPS) is 43.7. The Morgan fingerprint density at radius 3 is 2.62 bits per heavy atom. The average Bonchev–Trinajstić information content (AvgIpc) is 2.94. The molecule has 5 atom stereocenters. The molecule has 0 bridgehead atoms. The molecule has 2 fully saturated rings. The van der Waals surface area contributed by atoms with Crippen molar-refractivity contribution in [3.8, 4) is 0 Å². The molecule has 0 aromatic heterocycles. The molecule has 160 valence electrons. The second-order valence-electron chi connectivity index (χ2n) is 9.66. The molecule has 0 radical (unpaired) electrons. The summed E-state index contributed by atoms with van der Waals surface area (Å²) in [7, 11) is 2.74. The zero-order chi connectivity index (χ0) is 21.2. The number of rotatable bonds is 3. The molecule has 6 heteroatoms. The molecule has 4 rings (SSSR count). The van der Waals surface area contributed by atoms with Gasteiger partial charge in [-0.3, -0.25) is 4.79 Å². The van der Waals surface area contributed by atoms with E-state index in [-0.39, 0.29) is 17.3 Å². The molecule has 0 saturated heterocycles. The van der Waals surface area contributed by atoms with Crippen LogP contribution in [0.2, 0.25) is 0 Å². The summed E-state index contributed by atoms with van der Waals surface area (Å²) in [6.45, 7) is 11.2. The van der Waals surface area contributed by atoms with Crippen LogP contribution in [-0.4, -0.2) is 37.5 Å². The number of esters is 2. The Morgan fingerprint density at radius 1 is 1.24 bits per heavy atom. The van der Waals surface area contributed by atoms with E-state index in [1.807, 2.05) is 0 Å². The molecule has 0 amide bonds. The molecule has 1 spiro atoms. The Labute approximate surface area is 172 Å². The van der Waals surface area contributed by atoms with E-state index in [1.54, 1.807) is 0 Å². The minimum atomic E-state index is -1.56. The van der Waals surface area contributed by atoms with Crippen LogP contribution in [0.25, 0.3) is 0 Å². The third-order valence-electron chi connectivity index (χ3n) is 8.65. The minimum absolute atomic E-state index is 0.207. The van der Waals surface area contributed by atoms with Crippen LogP contribution in [0.4, 0.5) is 0 Å². The van der Waals surface area contributed by atoms with Crippen molar-refractivity contribution in [3.05, 3.63) is 23.5 Å². The summed E-state index contributed by atoms with van der Waals surface area (Å²) >= 11 is 0. The van der Waals surface area contributed by atoms with Gasteiger partial charge in [0.1, 0.15) is 12.0 Å². The average molecular weight is 405 g/mol. The minimum Gasteiger partial charge on any atom is -0.483 e. The molecule has 6 nitrogen and oxygen atoms in total.